The van der Waals surface area contributed by atoms with Crippen molar-refractivity contribution in [3.8, 4) is 11.8 Å². The zero-order valence-electron chi connectivity index (χ0n) is 18.7. The standard InChI is InChI=1S/C21H26F5N3O5/c1-29-19-17(26)15(33-10-16(24)25)7-14(23)18(19)28-20(29)34-13-5-3-12(4-6-13)32-9-11(8-22)27-21(30)31-2/h7,11-13,16H,3-6,8-10H2,1-2H3,(H,27,30)/t11-,12?,13?/m0/s1. The number of rotatable bonds is 10. The molecule has 1 aromatic heterocycles. The minimum Gasteiger partial charge on any atom is -0.484 e. The minimum atomic E-state index is -2.84. The molecular weight excluding hydrogens is 469 g/mol. The lowest BCUT2D eigenvalue weighted by Gasteiger charge is -2.29. The number of alkyl carbamates (subject to hydrolysis) is 1. The molecule has 1 aromatic carbocycles. The predicted molar refractivity (Wildman–Crippen MR) is 110 cm³/mol. The Kier molecular flexibility index (Phi) is 8.75. The highest BCUT2D eigenvalue weighted by atomic mass is 19.3. The summed E-state index contributed by atoms with van der Waals surface area (Å²) in [6, 6.07) is -0.164. The molecule has 0 spiro atoms. The van der Waals surface area contributed by atoms with Gasteiger partial charge >= 0.3 is 6.09 Å². The summed E-state index contributed by atoms with van der Waals surface area (Å²) >= 11 is 0. The van der Waals surface area contributed by atoms with E-state index in [9.17, 15) is 26.7 Å². The number of hydrogen-bond acceptors (Lipinski definition) is 6. The number of aryl methyl sites for hydroxylation is 1. The number of nitrogens with zero attached hydrogens (tertiary/aromatic N) is 2. The highest BCUT2D eigenvalue weighted by Crippen LogP contribution is 2.33. The summed E-state index contributed by atoms with van der Waals surface area (Å²) in [6.45, 7) is -1.89. The van der Waals surface area contributed by atoms with Gasteiger partial charge in [0.1, 0.15) is 30.4 Å². The average Bonchev–Trinajstić information content (AvgIpc) is 3.15. The fourth-order valence-corrected chi connectivity index (χ4v) is 3.69. The van der Waals surface area contributed by atoms with Crippen LogP contribution in [0.3, 0.4) is 0 Å². The molecule has 1 aliphatic carbocycles. The Balaban J connectivity index is 1.59. The summed E-state index contributed by atoms with van der Waals surface area (Å²) in [5.74, 6) is -2.57. The third-order valence-corrected chi connectivity index (χ3v) is 5.45. The molecular formula is C21H26F5N3O5. The summed E-state index contributed by atoms with van der Waals surface area (Å²) in [5, 5.41) is 2.34. The lowest BCUT2D eigenvalue weighted by Crippen LogP contribution is -2.41. The average molecular weight is 495 g/mol. The second-order valence-corrected chi connectivity index (χ2v) is 7.86. The van der Waals surface area contributed by atoms with Gasteiger partial charge in [0.2, 0.25) is 0 Å². The molecule has 8 nitrogen and oxygen atoms in total. The fraction of sp³-hybridized carbons (Fsp3) is 0.619. The van der Waals surface area contributed by atoms with Crippen molar-refractivity contribution in [2.75, 3.05) is 27.0 Å². The quantitative estimate of drug-likeness (QED) is 0.504. The van der Waals surface area contributed by atoms with E-state index in [1.54, 1.807) is 0 Å². The van der Waals surface area contributed by atoms with E-state index in [0.717, 1.165) is 0 Å². The molecule has 1 saturated carbocycles. The molecule has 0 bridgehead atoms. The van der Waals surface area contributed by atoms with Crippen LogP contribution in [-0.4, -0.2) is 67.3 Å². The predicted octanol–water partition coefficient (Wildman–Crippen LogP) is 3.90. The first-order valence-corrected chi connectivity index (χ1v) is 10.7. The van der Waals surface area contributed by atoms with Gasteiger partial charge in [0.05, 0.1) is 25.9 Å². The van der Waals surface area contributed by atoms with E-state index in [-0.39, 0.29) is 35.9 Å². The maximum absolute atomic E-state index is 14.8. The molecule has 1 N–H and O–H groups in total. The van der Waals surface area contributed by atoms with Gasteiger partial charge in [-0.25, -0.2) is 26.7 Å². The first kappa shape index (κ1) is 25.8. The van der Waals surface area contributed by atoms with Crippen LogP contribution >= 0.6 is 0 Å². The molecule has 34 heavy (non-hydrogen) atoms. The van der Waals surface area contributed by atoms with Crippen LogP contribution in [0, 0.1) is 11.6 Å². The number of hydrogen-bond donors (Lipinski definition) is 1. The van der Waals surface area contributed by atoms with Crippen molar-refractivity contribution >= 4 is 17.1 Å². The monoisotopic (exact) mass is 495 g/mol. The number of ether oxygens (including phenoxy) is 4. The van der Waals surface area contributed by atoms with Gasteiger partial charge in [0.15, 0.2) is 17.4 Å². The zero-order valence-corrected chi connectivity index (χ0v) is 18.7. The van der Waals surface area contributed by atoms with Crippen molar-refractivity contribution < 1.29 is 45.7 Å². The van der Waals surface area contributed by atoms with E-state index in [1.807, 2.05) is 0 Å². The van der Waals surface area contributed by atoms with Gasteiger partial charge in [-0.1, -0.05) is 0 Å². The van der Waals surface area contributed by atoms with E-state index in [4.69, 9.17) is 9.47 Å². The Morgan fingerprint density at radius 1 is 1.21 bits per heavy atom. The van der Waals surface area contributed by atoms with Crippen LogP contribution < -0.4 is 14.8 Å². The van der Waals surface area contributed by atoms with Crippen LogP contribution in [0.5, 0.6) is 11.8 Å². The Hall–Kier alpha value is -2.83. The normalized spacial score (nSPS) is 19.3. The lowest BCUT2D eigenvalue weighted by molar-refractivity contribution is -0.0103. The van der Waals surface area contributed by atoms with Gasteiger partial charge in [-0.05, 0) is 25.7 Å². The first-order valence-electron chi connectivity index (χ1n) is 10.7. The third-order valence-electron chi connectivity index (χ3n) is 5.45. The number of halogens is 5. The van der Waals surface area contributed by atoms with Crippen molar-refractivity contribution in [2.45, 2.75) is 50.4 Å². The summed E-state index contributed by atoms with van der Waals surface area (Å²) in [5.41, 5.74) is -0.557. The second kappa shape index (κ2) is 11.5. The van der Waals surface area contributed by atoms with Gasteiger partial charge in [-0.3, -0.25) is 4.57 Å². The van der Waals surface area contributed by atoms with Gasteiger partial charge in [-0.15, -0.1) is 0 Å². The molecule has 3 rings (SSSR count). The molecule has 1 atom stereocenters. The van der Waals surface area contributed by atoms with Crippen molar-refractivity contribution in [3.05, 3.63) is 17.7 Å². The topological polar surface area (TPSA) is 83.8 Å². The molecule has 0 unspecified atom stereocenters. The second-order valence-electron chi connectivity index (χ2n) is 7.86. The van der Waals surface area contributed by atoms with Crippen LogP contribution in [0.15, 0.2) is 6.07 Å². The maximum atomic E-state index is 14.8. The number of carbonyl (C=O) groups excluding carboxylic acids is 1. The number of aromatic nitrogens is 2. The molecule has 0 radical (unpaired) electrons. The molecule has 1 aliphatic rings. The molecule has 2 aromatic rings. The van der Waals surface area contributed by atoms with Crippen LogP contribution in [0.2, 0.25) is 0 Å². The van der Waals surface area contributed by atoms with Gasteiger partial charge < -0.3 is 24.3 Å². The first-order chi connectivity index (χ1) is 16.2. The van der Waals surface area contributed by atoms with Crippen LogP contribution in [0.25, 0.3) is 11.0 Å². The maximum Gasteiger partial charge on any atom is 0.407 e. The number of amides is 1. The fourth-order valence-electron chi connectivity index (χ4n) is 3.69. The number of methoxy groups -OCH3 is 1. The van der Waals surface area contributed by atoms with E-state index < -0.39 is 49.2 Å². The summed E-state index contributed by atoms with van der Waals surface area (Å²) in [6.07, 6.45) is -1.79. The molecule has 1 fully saturated rings. The van der Waals surface area contributed by atoms with Crippen LogP contribution in [-0.2, 0) is 16.5 Å². The highest BCUT2D eigenvalue weighted by molar-refractivity contribution is 5.80. The summed E-state index contributed by atoms with van der Waals surface area (Å²) in [4.78, 5) is 15.2. The van der Waals surface area contributed by atoms with Crippen molar-refractivity contribution in [1.82, 2.24) is 14.9 Å². The van der Waals surface area contributed by atoms with E-state index in [1.165, 1.54) is 18.7 Å². The molecule has 1 heterocycles. The minimum absolute atomic E-state index is 0.0128. The zero-order chi connectivity index (χ0) is 24.8. The molecule has 190 valence electrons. The molecule has 1 amide bonds. The SMILES string of the molecule is COC(=O)N[C@@H](CF)COC1CCC(Oc2nc3c(F)cc(OCC(F)F)c(F)c3n2C)CC1. The number of benzene rings is 1. The van der Waals surface area contributed by atoms with Crippen LogP contribution in [0.4, 0.5) is 26.7 Å². The Morgan fingerprint density at radius 2 is 1.88 bits per heavy atom. The van der Waals surface area contributed by atoms with E-state index in [2.05, 4.69) is 19.8 Å². The highest BCUT2D eigenvalue weighted by Gasteiger charge is 2.27. The van der Waals surface area contributed by atoms with Crippen molar-refractivity contribution in [1.29, 1.82) is 0 Å². The van der Waals surface area contributed by atoms with Crippen molar-refractivity contribution in [2.24, 2.45) is 7.05 Å². The van der Waals surface area contributed by atoms with Gasteiger partial charge in [0, 0.05) is 13.1 Å². The van der Waals surface area contributed by atoms with Gasteiger partial charge in [-0.2, -0.15) is 4.98 Å². The Labute approximate surface area is 192 Å². The number of alkyl halides is 3. The Bertz CT molecular complexity index is 982. The molecule has 0 aliphatic heterocycles. The number of imidazole rings is 1. The number of fused-ring (bicyclic) bond motifs is 1. The summed E-state index contributed by atoms with van der Waals surface area (Å²) in [7, 11) is 2.60. The third kappa shape index (κ3) is 6.19. The molecule has 13 heteroatoms. The molecule has 0 saturated heterocycles. The number of carbonyl (C=O) groups is 1. The smallest absolute Gasteiger partial charge is 0.407 e. The largest absolute Gasteiger partial charge is 0.484 e. The van der Waals surface area contributed by atoms with Crippen LogP contribution in [0.1, 0.15) is 25.7 Å². The van der Waals surface area contributed by atoms with E-state index in [0.29, 0.717) is 31.7 Å². The summed E-state index contributed by atoms with van der Waals surface area (Å²) < 4.78 is 88.8. The lowest BCUT2D eigenvalue weighted by atomic mass is 9.95. The van der Waals surface area contributed by atoms with Gasteiger partial charge in [0.25, 0.3) is 12.4 Å². The number of nitrogens with one attached hydrogen (secondary N) is 1. The van der Waals surface area contributed by atoms with E-state index >= 15 is 0 Å². The van der Waals surface area contributed by atoms with Crippen molar-refractivity contribution in [3.63, 3.8) is 0 Å². The Morgan fingerprint density at radius 3 is 2.50 bits per heavy atom.